The molecule has 0 saturated carbocycles. The van der Waals surface area contributed by atoms with Gasteiger partial charge in [-0.15, -0.1) is 0 Å². The van der Waals surface area contributed by atoms with Crippen molar-refractivity contribution < 1.29 is 14.3 Å². The molecule has 0 bridgehead atoms. The Morgan fingerprint density at radius 1 is 1.43 bits per heavy atom. The number of aldehydes is 1. The van der Waals surface area contributed by atoms with E-state index in [1.54, 1.807) is 20.8 Å². The van der Waals surface area contributed by atoms with Crippen molar-refractivity contribution in [3.63, 3.8) is 0 Å². The van der Waals surface area contributed by atoms with E-state index in [4.69, 9.17) is 4.74 Å². The van der Waals surface area contributed by atoms with Crippen LogP contribution in [0.15, 0.2) is 0 Å². The van der Waals surface area contributed by atoms with Crippen LogP contribution in [0.2, 0.25) is 0 Å². The molecule has 0 aromatic rings. The first kappa shape index (κ1) is 12.7. The topological polar surface area (TPSA) is 43.4 Å². The lowest BCUT2D eigenvalue weighted by atomic mass is 10.2. The summed E-state index contributed by atoms with van der Waals surface area (Å²) in [5, 5.41) is 0. The van der Waals surface area contributed by atoms with E-state index in [9.17, 15) is 9.59 Å². The molecule has 0 fully saturated rings. The second-order valence-corrected chi connectivity index (χ2v) is 3.86. The Bertz CT molecular complexity index is 250. The molecule has 78 valence electrons. The smallest absolute Gasteiger partial charge is 0.384 e. The molecule has 0 atom stereocenters. The Morgan fingerprint density at radius 2 is 2.07 bits per heavy atom. The third-order valence-electron chi connectivity index (χ3n) is 1.21. The van der Waals surface area contributed by atoms with Crippen molar-refractivity contribution in [2.75, 3.05) is 0 Å². The number of rotatable bonds is 3. The zero-order valence-corrected chi connectivity index (χ0v) is 8.92. The predicted octanol–water partition coefficient (Wildman–Crippen LogP) is 1.70. The van der Waals surface area contributed by atoms with E-state index in [2.05, 4.69) is 11.8 Å². The van der Waals surface area contributed by atoms with Gasteiger partial charge in [0.2, 0.25) is 0 Å². The lowest BCUT2D eigenvalue weighted by molar-refractivity contribution is -0.147. The Labute approximate surface area is 84.8 Å². The van der Waals surface area contributed by atoms with E-state index in [1.807, 2.05) is 0 Å². The van der Waals surface area contributed by atoms with Gasteiger partial charge in [-0.05, 0) is 27.2 Å². The van der Waals surface area contributed by atoms with E-state index in [-0.39, 0.29) is 0 Å². The first-order valence-electron chi connectivity index (χ1n) is 4.61. The van der Waals surface area contributed by atoms with Gasteiger partial charge in [-0.3, -0.25) is 0 Å². The van der Waals surface area contributed by atoms with E-state index >= 15 is 0 Å². The maximum absolute atomic E-state index is 11.0. The van der Waals surface area contributed by atoms with Gasteiger partial charge in [0.1, 0.15) is 11.9 Å². The Hall–Kier alpha value is -1.30. The summed E-state index contributed by atoms with van der Waals surface area (Å²) in [6, 6.07) is 0. The second kappa shape index (κ2) is 6.20. The van der Waals surface area contributed by atoms with E-state index in [0.717, 1.165) is 6.29 Å². The average molecular weight is 196 g/mol. The molecule has 3 heteroatoms. The van der Waals surface area contributed by atoms with E-state index in [1.165, 1.54) is 0 Å². The number of carbonyl (C=O) groups excluding carboxylic acids is 2. The Morgan fingerprint density at radius 3 is 2.57 bits per heavy atom. The van der Waals surface area contributed by atoms with Crippen molar-refractivity contribution in [1.82, 2.24) is 0 Å². The van der Waals surface area contributed by atoms with Crippen molar-refractivity contribution in [1.29, 1.82) is 0 Å². The van der Waals surface area contributed by atoms with Gasteiger partial charge in [-0.1, -0.05) is 5.92 Å². The number of hydrogen-bond donors (Lipinski definition) is 0. The van der Waals surface area contributed by atoms with Crippen LogP contribution < -0.4 is 0 Å². The highest BCUT2D eigenvalue weighted by atomic mass is 16.6. The molecule has 0 aromatic heterocycles. The standard InChI is InChI=1S/C11H16O3/c1-11(2,3)14-10(13)8-6-4-5-7-9-12/h9H,4-5,7H2,1-3H3. The third-order valence-corrected chi connectivity index (χ3v) is 1.21. The van der Waals surface area contributed by atoms with Gasteiger partial charge in [0.15, 0.2) is 0 Å². The highest BCUT2D eigenvalue weighted by Crippen LogP contribution is 2.06. The number of carbonyl (C=O) groups is 2. The number of ether oxygens (including phenoxy) is 1. The molecule has 0 N–H and O–H groups in total. The molecule has 0 aliphatic carbocycles. The maximum atomic E-state index is 11.0. The van der Waals surface area contributed by atoms with Crippen LogP contribution in [0.25, 0.3) is 0 Å². The lowest BCUT2D eigenvalue weighted by Crippen LogP contribution is -2.22. The molecular formula is C11H16O3. The number of hydrogen-bond acceptors (Lipinski definition) is 3. The normalized spacial score (nSPS) is 9.93. The lowest BCUT2D eigenvalue weighted by Gasteiger charge is -2.16. The first-order valence-corrected chi connectivity index (χ1v) is 4.61. The molecule has 0 aromatic carbocycles. The van der Waals surface area contributed by atoms with Crippen LogP contribution in [-0.2, 0) is 14.3 Å². The molecule has 0 amide bonds. The van der Waals surface area contributed by atoms with Crippen molar-refractivity contribution in [3.05, 3.63) is 0 Å². The monoisotopic (exact) mass is 196 g/mol. The highest BCUT2D eigenvalue weighted by Gasteiger charge is 2.13. The van der Waals surface area contributed by atoms with Crippen LogP contribution in [0.5, 0.6) is 0 Å². The van der Waals surface area contributed by atoms with Gasteiger partial charge in [0.25, 0.3) is 0 Å². The van der Waals surface area contributed by atoms with Crippen LogP contribution in [0, 0.1) is 11.8 Å². The molecular weight excluding hydrogens is 180 g/mol. The van der Waals surface area contributed by atoms with Crippen molar-refractivity contribution >= 4 is 12.3 Å². The molecule has 0 radical (unpaired) electrons. The first-order chi connectivity index (χ1) is 6.45. The maximum Gasteiger partial charge on any atom is 0.384 e. The Balaban J connectivity index is 3.76. The van der Waals surface area contributed by atoms with Gasteiger partial charge in [0.05, 0.1) is 0 Å². The summed E-state index contributed by atoms with van der Waals surface area (Å²) in [5.74, 6) is 4.52. The summed E-state index contributed by atoms with van der Waals surface area (Å²) < 4.78 is 4.96. The SMILES string of the molecule is CC(C)(C)OC(=O)C#CCCCC=O. The zero-order chi connectivity index (χ0) is 11.0. The van der Waals surface area contributed by atoms with Gasteiger partial charge < -0.3 is 9.53 Å². The van der Waals surface area contributed by atoms with Crippen molar-refractivity contribution in [2.24, 2.45) is 0 Å². The van der Waals surface area contributed by atoms with Crippen LogP contribution in [0.1, 0.15) is 40.0 Å². The molecule has 0 rings (SSSR count). The summed E-state index contributed by atoms with van der Waals surface area (Å²) in [6.07, 6.45) is 2.58. The van der Waals surface area contributed by atoms with Gasteiger partial charge in [0, 0.05) is 18.8 Å². The van der Waals surface area contributed by atoms with E-state index < -0.39 is 11.6 Å². The fraction of sp³-hybridized carbons (Fsp3) is 0.636. The van der Waals surface area contributed by atoms with Crippen molar-refractivity contribution in [2.45, 2.75) is 45.6 Å². The van der Waals surface area contributed by atoms with E-state index in [0.29, 0.717) is 19.3 Å². The third kappa shape index (κ3) is 8.79. The largest absolute Gasteiger partial charge is 0.450 e. The van der Waals surface area contributed by atoms with Crippen LogP contribution >= 0.6 is 0 Å². The second-order valence-electron chi connectivity index (χ2n) is 3.86. The summed E-state index contributed by atoms with van der Waals surface area (Å²) in [4.78, 5) is 21.0. The highest BCUT2D eigenvalue weighted by molar-refractivity contribution is 5.88. The Kier molecular flexibility index (Phi) is 5.62. The average Bonchev–Trinajstić information content (AvgIpc) is 2.00. The van der Waals surface area contributed by atoms with Crippen LogP contribution in [0.4, 0.5) is 0 Å². The summed E-state index contributed by atoms with van der Waals surface area (Å²) in [7, 11) is 0. The van der Waals surface area contributed by atoms with Gasteiger partial charge in [-0.25, -0.2) is 4.79 Å². The quantitative estimate of drug-likeness (QED) is 0.227. The number of esters is 1. The molecule has 3 nitrogen and oxygen atoms in total. The molecule has 0 unspecified atom stereocenters. The molecule has 14 heavy (non-hydrogen) atoms. The zero-order valence-electron chi connectivity index (χ0n) is 8.92. The van der Waals surface area contributed by atoms with Gasteiger partial charge >= 0.3 is 5.97 Å². The molecule has 0 spiro atoms. The molecule has 0 heterocycles. The van der Waals surface area contributed by atoms with Crippen LogP contribution in [-0.4, -0.2) is 17.9 Å². The number of unbranched alkanes of at least 4 members (excludes halogenated alkanes) is 2. The molecule has 0 aliphatic heterocycles. The minimum absolute atomic E-state index is 0.489. The van der Waals surface area contributed by atoms with Crippen LogP contribution in [0.3, 0.4) is 0 Å². The fourth-order valence-corrected chi connectivity index (χ4v) is 0.712. The minimum atomic E-state index is -0.511. The summed E-state index contributed by atoms with van der Waals surface area (Å²) in [6.45, 7) is 5.37. The molecule has 0 saturated heterocycles. The fourth-order valence-electron chi connectivity index (χ4n) is 0.712. The summed E-state index contributed by atoms with van der Waals surface area (Å²) in [5.41, 5.74) is -0.492. The predicted molar refractivity (Wildman–Crippen MR) is 53.5 cm³/mol. The van der Waals surface area contributed by atoms with Gasteiger partial charge in [-0.2, -0.15) is 0 Å². The summed E-state index contributed by atoms with van der Waals surface area (Å²) >= 11 is 0. The molecule has 0 aliphatic rings. The minimum Gasteiger partial charge on any atom is -0.450 e. The van der Waals surface area contributed by atoms with Crippen molar-refractivity contribution in [3.8, 4) is 11.8 Å².